The second-order valence-corrected chi connectivity index (χ2v) is 8.56. The second-order valence-electron chi connectivity index (χ2n) is 5.20. The molecule has 0 radical (unpaired) electrons. The zero-order valence-electron chi connectivity index (χ0n) is 10.9. The van der Waals surface area contributed by atoms with Crippen molar-refractivity contribution in [3.8, 4) is 0 Å². The first-order chi connectivity index (χ1) is 8.65. The highest BCUT2D eigenvalue weighted by Crippen LogP contribution is 2.27. The molecule has 0 N–H and O–H groups in total. The van der Waals surface area contributed by atoms with Gasteiger partial charge in [-0.1, -0.05) is 47.3 Å². The van der Waals surface area contributed by atoms with Crippen LogP contribution in [0, 0.1) is 0 Å². The summed E-state index contributed by atoms with van der Waals surface area (Å²) in [5.74, 6) is 0. The summed E-state index contributed by atoms with van der Waals surface area (Å²) in [5.41, 5.74) is 0. The van der Waals surface area contributed by atoms with Crippen molar-refractivity contribution in [1.82, 2.24) is 4.90 Å². The number of halogens is 2. The second kappa shape index (κ2) is 7.28. The molecule has 1 saturated heterocycles. The van der Waals surface area contributed by atoms with E-state index in [0.717, 1.165) is 16.9 Å². The lowest BCUT2D eigenvalue weighted by Gasteiger charge is -2.30. The number of thiophene rings is 1. The molecule has 1 fully saturated rings. The lowest BCUT2D eigenvalue weighted by molar-refractivity contribution is 0.184. The van der Waals surface area contributed by atoms with Crippen molar-refractivity contribution in [1.29, 1.82) is 0 Å². The summed E-state index contributed by atoms with van der Waals surface area (Å²) < 4.78 is 0.908. The van der Waals surface area contributed by atoms with Crippen molar-refractivity contribution < 1.29 is 0 Å². The van der Waals surface area contributed by atoms with Gasteiger partial charge in [-0.15, -0.1) is 11.3 Å². The van der Waals surface area contributed by atoms with Gasteiger partial charge in [-0.2, -0.15) is 0 Å². The highest BCUT2D eigenvalue weighted by molar-refractivity contribution is 9.09. The molecule has 2 heterocycles. The van der Waals surface area contributed by atoms with E-state index in [1.807, 2.05) is 6.07 Å². The first-order valence-corrected chi connectivity index (χ1v) is 8.88. The van der Waals surface area contributed by atoms with Crippen LogP contribution in [0.4, 0.5) is 0 Å². The zero-order valence-corrected chi connectivity index (χ0v) is 14.0. The van der Waals surface area contributed by atoms with Crippen molar-refractivity contribution in [3.05, 3.63) is 21.3 Å². The predicted molar refractivity (Wildman–Crippen MR) is 85.0 cm³/mol. The predicted octanol–water partition coefficient (Wildman–Crippen LogP) is 5.32. The Labute approximate surface area is 128 Å². The number of hydrogen-bond acceptors (Lipinski definition) is 2. The molecule has 2 rings (SSSR count). The Kier molecular flexibility index (Phi) is 5.99. The van der Waals surface area contributed by atoms with E-state index in [-0.39, 0.29) is 0 Å². The van der Waals surface area contributed by atoms with Gasteiger partial charge in [-0.3, -0.25) is 4.90 Å². The summed E-state index contributed by atoms with van der Waals surface area (Å²) in [4.78, 5) is 4.66. The van der Waals surface area contributed by atoms with Crippen LogP contribution in [0.15, 0.2) is 12.1 Å². The Balaban J connectivity index is 2.00. The molecular formula is C14H21BrClNS. The van der Waals surface area contributed by atoms with Crippen LogP contribution in [0.3, 0.4) is 0 Å². The SMILES string of the molecule is CC(Br)CC1CCCCCN1Cc1ccc(Cl)s1. The van der Waals surface area contributed by atoms with Crippen LogP contribution >= 0.6 is 38.9 Å². The van der Waals surface area contributed by atoms with Crippen LogP contribution in [0.5, 0.6) is 0 Å². The molecule has 0 aliphatic carbocycles. The Morgan fingerprint density at radius 2 is 2.28 bits per heavy atom. The van der Waals surface area contributed by atoms with Crippen LogP contribution < -0.4 is 0 Å². The van der Waals surface area contributed by atoms with Gasteiger partial charge in [-0.05, 0) is 37.9 Å². The van der Waals surface area contributed by atoms with Gasteiger partial charge in [-0.25, -0.2) is 0 Å². The van der Waals surface area contributed by atoms with Crippen LogP contribution in [-0.2, 0) is 6.54 Å². The lowest BCUT2D eigenvalue weighted by Crippen LogP contribution is -2.35. The van der Waals surface area contributed by atoms with Crippen molar-refractivity contribution in [2.45, 2.75) is 56.4 Å². The molecule has 1 aliphatic heterocycles. The standard InChI is InChI=1S/C14H21BrClNS/c1-11(15)9-12-5-3-2-4-8-17(12)10-13-6-7-14(16)18-13/h6-7,11-12H,2-5,8-10H2,1H3. The molecule has 1 aromatic heterocycles. The van der Waals surface area contributed by atoms with E-state index in [1.165, 1.54) is 43.5 Å². The quantitative estimate of drug-likeness (QED) is 0.664. The highest BCUT2D eigenvalue weighted by Gasteiger charge is 2.22. The molecule has 1 nitrogen and oxygen atoms in total. The maximum atomic E-state index is 6.02. The smallest absolute Gasteiger partial charge is 0.0931 e. The molecule has 0 saturated carbocycles. The lowest BCUT2D eigenvalue weighted by atomic mass is 10.1. The maximum Gasteiger partial charge on any atom is 0.0931 e. The van der Waals surface area contributed by atoms with Gasteiger partial charge in [0.25, 0.3) is 0 Å². The molecule has 1 aliphatic rings. The largest absolute Gasteiger partial charge is 0.295 e. The fraction of sp³-hybridized carbons (Fsp3) is 0.714. The molecule has 0 amide bonds. The van der Waals surface area contributed by atoms with Crippen LogP contribution in [0.2, 0.25) is 4.34 Å². The van der Waals surface area contributed by atoms with Crippen molar-refractivity contribution in [2.24, 2.45) is 0 Å². The molecule has 1 aromatic rings. The zero-order chi connectivity index (χ0) is 13.0. The fourth-order valence-electron chi connectivity index (χ4n) is 2.72. The third-order valence-electron chi connectivity index (χ3n) is 3.58. The molecule has 102 valence electrons. The Morgan fingerprint density at radius 3 is 2.94 bits per heavy atom. The van der Waals surface area contributed by atoms with Crippen molar-refractivity contribution >= 4 is 38.9 Å². The summed E-state index contributed by atoms with van der Waals surface area (Å²) in [6.07, 6.45) is 6.70. The van der Waals surface area contributed by atoms with E-state index < -0.39 is 0 Å². The van der Waals surface area contributed by atoms with E-state index in [1.54, 1.807) is 11.3 Å². The third kappa shape index (κ3) is 4.52. The number of hydrogen-bond donors (Lipinski definition) is 0. The first-order valence-electron chi connectivity index (χ1n) is 6.77. The number of likely N-dealkylation sites (tertiary alicyclic amines) is 1. The Bertz CT molecular complexity index is 366. The van der Waals surface area contributed by atoms with Crippen molar-refractivity contribution in [2.75, 3.05) is 6.54 Å². The Morgan fingerprint density at radius 1 is 1.44 bits per heavy atom. The summed E-state index contributed by atoms with van der Waals surface area (Å²) >= 11 is 11.5. The van der Waals surface area contributed by atoms with E-state index in [2.05, 4.69) is 33.8 Å². The van der Waals surface area contributed by atoms with Crippen LogP contribution in [0.1, 0.15) is 43.9 Å². The molecular weight excluding hydrogens is 330 g/mol. The van der Waals surface area contributed by atoms with Crippen LogP contribution in [0.25, 0.3) is 0 Å². The van der Waals surface area contributed by atoms with Gasteiger partial charge in [0.15, 0.2) is 0 Å². The van der Waals surface area contributed by atoms with Crippen molar-refractivity contribution in [3.63, 3.8) is 0 Å². The van der Waals surface area contributed by atoms with E-state index in [0.29, 0.717) is 4.83 Å². The number of rotatable bonds is 4. The van der Waals surface area contributed by atoms with Gasteiger partial charge in [0.2, 0.25) is 0 Å². The topological polar surface area (TPSA) is 3.24 Å². The van der Waals surface area contributed by atoms with E-state index in [4.69, 9.17) is 11.6 Å². The molecule has 0 bridgehead atoms. The minimum atomic E-state index is 0.607. The molecule has 4 heteroatoms. The summed E-state index contributed by atoms with van der Waals surface area (Å²) in [6.45, 7) is 4.56. The van der Waals surface area contributed by atoms with E-state index >= 15 is 0 Å². The minimum Gasteiger partial charge on any atom is -0.295 e. The number of alkyl halides is 1. The summed E-state index contributed by atoms with van der Waals surface area (Å²) in [5, 5.41) is 0. The molecule has 2 unspecified atom stereocenters. The van der Waals surface area contributed by atoms with Gasteiger partial charge < -0.3 is 0 Å². The fourth-order valence-corrected chi connectivity index (χ4v) is 4.27. The maximum absolute atomic E-state index is 6.02. The van der Waals surface area contributed by atoms with Gasteiger partial charge >= 0.3 is 0 Å². The monoisotopic (exact) mass is 349 g/mol. The third-order valence-corrected chi connectivity index (χ3v) is 5.17. The van der Waals surface area contributed by atoms with E-state index in [9.17, 15) is 0 Å². The average Bonchev–Trinajstić information content (AvgIpc) is 2.58. The summed E-state index contributed by atoms with van der Waals surface area (Å²) in [7, 11) is 0. The molecule has 0 aromatic carbocycles. The minimum absolute atomic E-state index is 0.607. The van der Waals surface area contributed by atoms with Gasteiger partial charge in [0, 0.05) is 22.3 Å². The molecule has 18 heavy (non-hydrogen) atoms. The van der Waals surface area contributed by atoms with Gasteiger partial charge in [0.1, 0.15) is 0 Å². The molecule has 0 spiro atoms. The normalized spacial score (nSPS) is 23.8. The molecule has 2 atom stereocenters. The van der Waals surface area contributed by atoms with Gasteiger partial charge in [0.05, 0.1) is 4.34 Å². The highest BCUT2D eigenvalue weighted by atomic mass is 79.9. The Hall–Kier alpha value is 0.430. The first kappa shape index (κ1) is 14.8. The summed E-state index contributed by atoms with van der Waals surface area (Å²) in [6, 6.07) is 4.91. The number of nitrogens with zero attached hydrogens (tertiary/aromatic N) is 1. The average molecular weight is 351 g/mol. The van der Waals surface area contributed by atoms with Crippen LogP contribution in [-0.4, -0.2) is 22.3 Å².